The highest BCUT2D eigenvalue weighted by Crippen LogP contribution is 2.43. The Morgan fingerprint density at radius 3 is 0.879 bits per heavy atom. The van der Waals surface area contributed by atoms with Gasteiger partial charge in [0, 0.05) is 12.8 Å². The van der Waals surface area contributed by atoms with Crippen LogP contribution in [0.5, 0.6) is 0 Å². The van der Waals surface area contributed by atoms with Crippen LogP contribution in [0.25, 0.3) is 0 Å². The van der Waals surface area contributed by atoms with Gasteiger partial charge in [0.15, 0.2) is 6.10 Å². The van der Waals surface area contributed by atoms with E-state index in [1.54, 1.807) is 0 Å². The number of likely N-dealkylation sites (N-methyl/N-ethyl adjacent to an activating group) is 1. The first-order valence-corrected chi connectivity index (χ1v) is 41.7. The van der Waals surface area contributed by atoms with Crippen molar-refractivity contribution in [2.75, 3.05) is 47.5 Å². The molecule has 1 N–H and O–H groups in total. The summed E-state index contributed by atoms with van der Waals surface area (Å²) in [5.41, 5.74) is 0. The van der Waals surface area contributed by atoms with E-state index < -0.39 is 26.5 Å². The van der Waals surface area contributed by atoms with Gasteiger partial charge in [0.05, 0.1) is 27.7 Å². The van der Waals surface area contributed by atoms with Gasteiger partial charge in [0.25, 0.3) is 0 Å². The summed E-state index contributed by atoms with van der Waals surface area (Å²) >= 11 is 0. The zero-order valence-electron chi connectivity index (χ0n) is 61.6. The Morgan fingerprint density at radius 2 is 0.593 bits per heavy atom. The van der Waals surface area contributed by atoms with Crippen LogP contribution in [-0.4, -0.2) is 74.9 Å². The lowest BCUT2D eigenvalue weighted by Crippen LogP contribution is -2.37. The number of carbonyl (C=O) groups excluding carboxylic acids is 2. The van der Waals surface area contributed by atoms with Crippen molar-refractivity contribution in [2.24, 2.45) is 0 Å². The number of phosphoric ester groups is 1. The second kappa shape index (κ2) is 72.5. The molecule has 0 spiro atoms. The Hall–Kier alpha value is -1.77. The molecule has 2 unspecified atom stereocenters. The molecule has 538 valence electrons. The topological polar surface area (TPSA) is 108 Å². The molecule has 0 radical (unpaired) electrons. The molecule has 0 saturated heterocycles. The molecule has 9 nitrogen and oxygen atoms in total. The number of allylic oxidation sites excluding steroid dienone is 6. The quantitative estimate of drug-likeness (QED) is 0.0211. The highest BCUT2D eigenvalue weighted by atomic mass is 31.2. The van der Waals surface area contributed by atoms with Crippen LogP contribution in [0.1, 0.15) is 418 Å². The van der Waals surface area contributed by atoms with Gasteiger partial charge >= 0.3 is 19.8 Å². The summed E-state index contributed by atoms with van der Waals surface area (Å²) in [4.78, 5) is 36.0. The standard InChI is InChI=1S/C81H156NO8P/c1-6-8-10-12-14-16-18-20-22-24-26-28-30-32-34-35-36-37-38-39-40-41-42-43-44-45-46-47-48-50-52-54-56-58-60-62-64-66-68-70-72-74-81(84)90-79(78-89-91(85,86)88-76-75-82(3,4)5)77-87-80(83)73-71-69-67-65-63-61-59-57-55-53-51-49-33-31-29-27-25-23-21-19-17-15-13-11-9-7-2/h18,20,24,26,30,32,79H,6-17,19,21-23,25,27-29,31,33-78H2,1-5H3/p+1/b20-18-,26-24-,32-30-. The molecule has 0 aliphatic heterocycles. The van der Waals surface area contributed by atoms with Crippen LogP contribution < -0.4 is 0 Å². The van der Waals surface area contributed by atoms with Gasteiger partial charge < -0.3 is 18.9 Å². The van der Waals surface area contributed by atoms with Crippen molar-refractivity contribution >= 4 is 19.8 Å². The molecule has 91 heavy (non-hydrogen) atoms. The van der Waals surface area contributed by atoms with Gasteiger partial charge in [-0.25, -0.2) is 4.57 Å². The van der Waals surface area contributed by atoms with Crippen molar-refractivity contribution in [1.29, 1.82) is 0 Å². The molecular weight excluding hydrogens is 1150 g/mol. The molecule has 0 aliphatic carbocycles. The number of phosphoric acid groups is 1. The van der Waals surface area contributed by atoms with Gasteiger partial charge in [-0.15, -0.1) is 0 Å². The van der Waals surface area contributed by atoms with Gasteiger partial charge in [0.2, 0.25) is 0 Å². The van der Waals surface area contributed by atoms with E-state index in [9.17, 15) is 19.0 Å². The van der Waals surface area contributed by atoms with Gasteiger partial charge in [-0.2, -0.15) is 0 Å². The second-order valence-corrected chi connectivity index (χ2v) is 30.3. The number of hydrogen-bond acceptors (Lipinski definition) is 7. The highest BCUT2D eigenvalue weighted by Gasteiger charge is 2.27. The minimum Gasteiger partial charge on any atom is -0.462 e. The first-order valence-electron chi connectivity index (χ1n) is 40.2. The second-order valence-electron chi connectivity index (χ2n) is 28.8. The van der Waals surface area contributed by atoms with Crippen molar-refractivity contribution in [2.45, 2.75) is 424 Å². The Balaban J connectivity index is 3.87. The molecule has 0 aromatic rings. The molecule has 0 aromatic heterocycles. The fraction of sp³-hybridized carbons (Fsp3) is 0.901. The molecule has 0 rings (SSSR count). The minimum absolute atomic E-state index is 0.0360. The molecular formula is C81H157NO8P+. The third kappa shape index (κ3) is 77.1. The number of hydrogen-bond donors (Lipinski definition) is 1. The van der Waals surface area contributed by atoms with E-state index in [0.29, 0.717) is 17.4 Å². The molecule has 0 bridgehead atoms. The average Bonchev–Trinajstić information content (AvgIpc) is 3.69. The summed E-state index contributed by atoms with van der Waals surface area (Å²) in [7, 11) is 1.50. The van der Waals surface area contributed by atoms with Gasteiger partial charge in [-0.3, -0.25) is 18.6 Å². The van der Waals surface area contributed by atoms with Gasteiger partial charge in [-0.1, -0.05) is 391 Å². The van der Waals surface area contributed by atoms with Crippen LogP contribution in [0.2, 0.25) is 0 Å². The van der Waals surface area contributed by atoms with Crippen molar-refractivity contribution in [3.8, 4) is 0 Å². The SMILES string of the molecule is CCCCCCC/C=C\C/C=C\C/C=C\CCCCCCCCCCCCCCCCCCCCCCCCCCCCC(=O)OC(COC(=O)CCCCCCCCCCCCCCCCCCCCCCCCCCCC)COP(=O)(O)OCC[N+](C)(C)C. The van der Waals surface area contributed by atoms with E-state index in [-0.39, 0.29) is 25.6 Å². The smallest absolute Gasteiger partial charge is 0.462 e. The highest BCUT2D eigenvalue weighted by molar-refractivity contribution is 7.47. The van der Waals surface area contributed by atoms with Gasteiger partial charge in [-0.05, 0) is 51.4 Å². The molecule has 0 amide bonds. The lowest BCUT2D eigenvalue weighted by molar-refractivity contribution is -0.870. The third-order valence-electron chi connectivity index (χ3n) is 18.4. The molecule has 0 heterocycles. The summed E-state index contributed by atoms with van der Waals surface area (Å²) in [5, 5.41) is 0. The van der Waals surface area contributed by atoms with Crippen LogP contribution >= 0.6 is 7.82 Å². The zero-order chi connectivity index (χ0) is 66.2. The van der Waals surface area contributed by atoms with Crippen LogP contribution in [0, 0.1) is 0 Å². The summed E-state index contributed by atoms with van der Waals surface area (Å²) in [5.74, 6) is -0.769. The Kier molecular flexibility index (Phi) is 71.1. The van der Waals surface area contributed by atoms with Gasteiger partial charge in [0.1, 0.15) is 19.8 Å². The largest absolute Gasteiger partial charge is 0.472 e. The van der Waals surface area contributed by atoms with E-state index >= 15 is 0 Å². The Bertz CT molecular complexity index is 1630. The normalized spacial score (nSPS) is 13.2. The maximum atomic E-state index is 12.9. The number of ether oxygens (including phenoxy) is 2. The number of carbonyl (C=O) groups is 2. The molecule has 0 saturated carbocycles. The monoisotopic (exact) mass is 1300 g/mol. The van der Waals surface area contributed by atoms with Crippen molar-refractivity contribution < 1.29 is 42.1 Å². The molecule has 2 atom stereocenters. The zero-order valence-corrected chi connectivity index (χ0v) is 62.5. The lowest BCUT2D eigenvalue weighted by atomic mass is 10.0. The first-order chi connectivity index (χ1) is 44.5. The fourth-order valence-electron chi connectivity index (χ4n) is 12.3. The Morgan fingerprint density at radius 1 is 0.341 bits per heavy atom. The molecule has 0 aliphatic rings. The number of rotatable bonds is 76. The van der Waals surface area contributed by atoms with E-state index in [1.807, 2.05) is 21.1 Å². The first kappa shape index (κ1) is 89.2. The summed E-state index contributed by atoms with van der Waals surface area (Å²) in [6.45, 7) is 4.51. The molecule has 10 heteroatoms. The van der Waals surface area contributed by atoms with Crippen LogP contribution in [0.4, 0.5) is 0 Å². The predicted molar refractivity (Wildman–Crippen MR) is 395 cm³/mol. The summed E-state index contributed by atoms with van der Waals surface area (Å²) < 4.78 is 34.8. The van der Waals surface area contributed by atoms with E-state index in [0.717, 1.165) is 51.4 Å². The maximum absolute atomic E-state index is 12.9. The summed E-state index contributed by atoms with van der Waals surface area (Å²) in [6, 6.07) is 0. The van der Waals surface area contributed by atoms with Crippen LogP contribution in [0.3, 0.4) is 0 Å². The van der Waals surface area contributed by atoms with E-state index in [1.165, 1.54) is 340 Å². The van der Waals surface area contributed by atoms with Crippen LogP contribution in [0.15, 0.2) is 36.5 Å². The fourth-order valence-corrected chi connectivity index (χ4v) is 13.0. The Labute approximate surface area is 567 Å². The van der Waals surface area contributed by atoms with Crippen molar-refractivity contribution in [1.82, 2.24) is 0 Å². The van der Waals surface area contributed by atoms with Crippen molar-refractivity contribution in [3.63, 3.8) is 0 Å². The number of esters is 2. The predicted octanol–water partition coefficient (Wildman–Crippen LogP) is 26.6. The van der Waals surface area contributed by atoms with Crippen LogP contribution in [-0.2, 0) is 32.7 Å². The van der Waals surface area contributed by atoms with E-state index in [4.69, 9.17) is 18.5 Å². The lowest BCUT2D eigenvalue weighted by Gasteiger charge is -2.24. The summed E-state index contributed by atoms with van der Waals surface area (Å²) in [6.07, 6.45) is 94.4. The molecule has 0 fully saturated rings. The third-order valence-corrected chi connectivity index (χ3v) is 19.4. The minimum atomic E-state index is -4.39. The van der Waals surface area contributed by atoms with E-state index in [2.05, 4.69) is 50.3 Å². The number of nitrogens with zero attached hydrogens (tertiary/aromatic N) is 1. The molecule has 0 aromatic carbocycles. The number of unbranched alkanes of at least 4 members (excludes halogenated alkanes) is 56. The maximum Gasteiger partial charge on any atom is 0.472 e. The van der Waals surface area contributed by atoms with Crippen molar-refractivity contribution in [3.05, 3.63) is 36.5 Å². The average molecular weight is 1300 g/mol. The number of quaternary nitrogens is 1.